The first-order chi connectivity index (χ1) is 9.67. The number of nitrogens with one attached hydrogen (secondary N) is 1. The molecule has 1 aromatic heterocycles. The van der Waals surface area contributed by atoms with Crippen LogP contribution in [0, 0.1) is 6.92 Å². The van der Waals surface area contributed by atoms with Gasteiger partial charge >= 0.3 is 12.1 Å². The minimum Gasteiger partial charge on any atom is -0.480 e. The third-order valence-corrected chi connectivity index (χ3v) is 3.37. The number of ether oxygens (including phenoxy) is 1. The quantitative estimate of drug-likeness (QED) is 0.839. The SMILES string of the molecule is Cc1ccc(CSCC(NC(=O)OC(C)(C)C)C(=O)O)o1. The number of carbonyl (C=O) groups excluding carboxylic acids is 1. The van der Waals surface area contributed by atoms with Crippen LogP contribution in [0.25, 0.3) is 0 Å². The zero-order valence-corrected chi connectivity index (χ0v) is 13.5. The van der Waals surface area contributed by atoms with Crippen LogP contribution in [0.1, 0.15) is 32.3 Å². The van der Waals surface area contributed by atoms with E-state index in [-0.39, 0.29) is 5.75 Å². The molecule has 6 nitrogen and oxygen atoms in total. The van der Waals surface area contributed by atoms with Gasteiger partial charge in [-0.25, -0.2) is 9.59 Å². The molecule has 0 aliphatic carbocycles. The number of aliphatic carboxylic acids is 1. The van der Waals surface area contributed by atoms with Gasteiger partial charge in [0.1, 0.15) is 23.2 Å². The molecule has 1 heterocycles. The fourth-order valence-corrected chi connectivity index (χ4v) is 2.40. The van der Waals surface area contributed by atoms with Crippen LogP contribution in [0.5, 0.6) is 0 Å². The number of hydrogen-bond acceptors (Lipinski definition) is 5. The Morgan fingerprint density at radius 2 is 2.10 bits per heavy atom. The van der Waals surface area contributed by atoms with Gasteiger partial charge in [0.05, 0.1) is 5.75 Å². The summed E-state index contributed by atoms with van der Waals surface area (Å²) in [5.74, 6) is 1.28. The van der Waals surface area contributed by atoms with Gasteiger partial charge in [0, 0.05) is 5.75 Å². The van der Waals surface area contributed by atoms with E-state index in [4.69, 9.17) is 14.3 Å². The Balaban J connectivity index is 2.43. The van der Waals surface area contributed by atoms with E-state index in [1.807, 2.05) is 19.1 Å². The van der Waals surface area contributed by atoms with Gasteiger partial charge in [-0.15, -0.1) is 0 Å². The molecule has 7 heteroatoms. The van der Waals surface area contributed by atoms with Crippen molar-refractivity contribution in [2.45, 2.75) is 45.1 Å². The van der Waals surface area contributed by atoms with Crippen molar-refractivity contribution in [3.63, 3.8) is 0 Å². The molecule has 1 amide bonds. The average Bonchev–Trinajstić information content (AvgIpc) is 2.71. The molecular weight excluding hydrogens is 294 g/mol. The fourth-order valence-electron chi connectivity index (χ4n) is 1.46. The zero-order valence-electron chi connectivity index (χ0n) is 12.6. The fraction of sp³-hybridized carbons (Fsp3) is 0.571. The molecule has 1 atom stereocenters. The number of carboxylic acid groups (broad SMARTS) is 1. The minimum atomic E-state index is -1.09. The van der Waals surface area contributed by atoms with Gasteiger partial charge in [-0.2, -0.15) is 11.8 Å². The zero-order chi connectivity index (χ0) is 16.0. The summed E-state index contributed by atoms with van der Waals surface area (Å²) in [7, 11) is 0. The van der Waals surface area contributed by atoms with E-state index in [2.05, 4.69) is 5.32 Å². The lowest BCUT2D eigenvalue weighted by Gasteiger charge is -2.21. The van der Waals surface area contributed by atoms with Crippen molar-refractivity contribution in [1.29, 1.82) is 0 Å². The second kappa shape index (κ2) is 7.40. The number of aryl methyl sites for hydroxylation is 1. The van der Waals surface area contributed by atoms with E-state index in [0.29, 0.717) is 5.75 Å². The van der Waals surface area contributed by atoms with Crippen LogP contribution in [0.15, 0.2) is 16.5 Å². The van der Waals surface area contributed by atoms with Gasteiger partial charge in [-0.3, -0.25) is 0 Å². The topological polar surface area (TPSA) is 88.8 Å². The lowest BCUT2D eigenvalue weighted by atomic mass is 10.2. The van der Waals surface area contributed by atoms with Crippen molar-refractivity contribution in [3.05, 3.63) is 23.7 Å². The number of hydrogen-bond donors (Lipinski definition) is 2. The maximum absolute atomic E-state index is 11.6. The summed E-state index contributed by atoms with van der Waals surface area (Å²) in [6.07, 6.45) is -0.732. The molecule has 0 aromatic carbocycles. The molecule has 0 aliphatic rings. The molecule has 0 fully saturated rings. The van der Waals surface area contributed by atoms with Crippen LogP contribution in [0.3, 0.4) is 0 Å². The summed E-state index contributed by atoms with van der Waals surface area (Å²) < 4.78 is 10.4. The van der Waals surface area contributed by atoms with Crippen LogP contribution in [-0.4, -0.2) is 34.6 Å². The van der Waals surface area contributed by atoms with Crippen molar-refractivity contribution in [3.8, 4) is 0 Å². The number of furan rings is 1. The molecule has 0 radical (unpaired) electrons. The lowest BCUT2D eigenvalue weighted by Crippen LogP contribution is -2.44. The summed E-state index contributed by atoms with van der Waals surface area (Å²) >= 11 is 1.37. The van der Waals surface area contributed by atoms with Crippen molar-refractivity contribution < 1.29 is 23.8 Å². The number of amides is 1. The third-order valence-electron chi connectivity index (χ3n) is 2.31. The summed E-state index contributed by atoms with van der Waals surface area (Å²) in [5.41, 5.74) is -0.661. The second-order valence-corrected chi connectivity index (χ2v) is 6.59. The molecule has 0 spiro atoms. The first kappa shape index (κ1) is 17.4. The summed E-state index contributed by atoms with van der Waals surface area (Å²) in [5, 5.41) is 11.5. The second-order valence-electron chi connectivity index (χ2n) is 5.56. The summed E-state index contributed by atoms with van der Waals surface area (Å²) in [4.78, 5) is 22.7. The van der Waals surface area contributed by atoms with Crippen LogP contribution in [0.4, 0.5) is 4.79 Å². The third kappa shape index (κ3) is 7.08. The van der Waals surface area contributed by atoms with Crippen molar-refractivity contribution in [2.75, 3.05) is 5.75 Å². The van der Waals surface area contributed by atoms with E-state index in [1.165, 1.54) is 11.8 Å². The standard InChI is InChI=1S/C14H21NO5S/c1-9-5-6-10(19-9)7-21-8-11(12(16)17)15-13(18)20-14(2,3)4/h5-6,11H,7-8H2,1-4H3,(H,15,18)(H,16,17). The van der Waals surface area contributed by atoms with Crippen LogP contribution in [0.2, 0.25) is 0 Å². The molecule has 1 rings (SSSR count). The average molecular weight is 315 g/mol. The van der Waals surface area contributed by atoms with E-state index in [0.717, 1.165) is 11.5 Å². The molecule has 1 aromatic rings. The number of rotatable bonds is 6. The number of carboxylic acids is 1. The predicted octanol–water partition coefficient (Wildman–Crippen LogP) is 2.80. The van der Waals surface area contributed by atoms with Crippen molar-refractivity contribution in [2.24, 2.45) is 0 Å². The molecule has 21 heavy (non-hydrogen) atoms. The lowest BCUT2D eigenvalue weighted by molar-refractivity contribution is -0.138. The van der Waals surface area contributed by atoms with Gasteiger partial charge < -0.3 is 19.6 Å². The Hall–Kier alpha value is -1.63. The van der Waals surface area contributed by atoms with E-state index in [1.54, 1.807) is 20.8 Å². The Bertz CT molecular complexity index is 492. The first-order valence-electron chi connectivity index (χ1n) is 6.53. The summed E-state index contributed by atoms with van der Waals surface area (Å²) in [6.45, 7) is 7.00. The van der Waals surface area contributed by atoms with Crippen LogP contribution >= 0.6 is 11.8 Å². The van der Waals surface area contributed by atoms with Gasteiger partial charge in [0.15, 0.2) is 0 Å². The molecule has 0 saturated carbocycles. The summed E-state index contributed by atoms with van der Waals surface area (Å²) in [6, 6.07) is 2.70. The van der Waals surface area contributed by atoms with Crippen LogP contribution in [-0.2, 0) is 15.3 Å². The number of thioether (sulfide) groups is 1. The van der Waals surface area contributed by atoms with Crippen LogP contribution < -0.4 is 5.32 Å². The maximum Gasteiger partial charge on any atom is 0.408 e. The number of alkyl carbamates (subject to hydrolysis) is 1. The predicted molar refractivity (Wildman–Crippen MR) is 80.4 cm³/mol. The smallest absolute Gasteiger partial charge is 0.408 e. The maximum atomic E-state index is 11.6. The monoisotopic (exact) mass is 315 g/mol. The highest BCUT2D eigenvalue weighted by Gasteiger charge is 2.23. The largest absolute Gasteiger partial charge is 0.480 e. The number of carbonyl (C=O) groups is 2. The first-order valence-corrected chi connectivity index (χ1v) is 7.68. The molecule has 0 aliphatic heterocycles. The normalized spacial score (nSPS) is 12.8. The van der Waals surface area contributed by atoms with E-state index >= 15 is 0 Å². The van der Waals surface area contributed by atoms with E-state index < -0.39 is 23.7 Å². The van der Waals surface area contributed by atoms with Gasteiger partial charge in [-0.05, 0) is 39.8 Å². The van der Waals surface area contributed by atoms with Gasteiger partial charge in [0.2, 0.25) is 0 Å². The Labute approximate surface area is 128 Å². The van der Waals surface area contributed by atoms with Crippen molar-refractivity contribution in [1.82, 2.24) is 5.32 Å². The van der Waals surface area contributed by atoms with Gasteiger partial charge in [-0.1, -0.05) is 0 Å². The Morgan fingerprint density at radius 3 is 2.57 bits per heavy atom. The van der Waals surface area contributed by atoms with Gasteiger partial charge in [0.25, 0.3) is 0 Å². The molecule has 1 unspecified atom stereocenters. The minimum absolute atomic E-state index is 0.230. The highest BCUT2D eigenvalue weighted by Crippen LogP contribution is 2.16. The molecular formula is C14H21NO5S. The molecule has 2 N–H and O–H groups in total. The Morgan fingerprint density at radius 1 is 1.43 bits per heavy atom. The van der Waals surface area contributed by atoms with E-state index in [9.17, 15) is 9.59 Å². The van der Waals surface area contributed by atoms with Crippen molar-refractivity contribution >= 4 is 23.8 Å². The highest BCUT2D eigenvalue weighted by molar-refractivity contribution is 7.98. The highest BCUT2D eigenvalue weighted by atomic mass is 32.2. The molecule has 0 bridgehead atoms. The molecule has 0 saturated heterocycles. The Kier molecular flexibility index (Phi) is 6.14. The molecule has 118 valence electrons.